The fraction of sp³-hybridized carbons (Fsp3) is 0.545. The van der Waals surface area contributed by atoms with Crippen molar-refractivity contribution in [1.82, 2.24) is 9.97 Å². The smallest absolute Gasteiger partial charge is 0.137 e. The summed E-state index contributed by atoms with van der Waals surface area (Å²) >= 11 is 0. The van der Waals surface area contributed by atoms with Gasteiger partial charge >= 0.3 is 0 Å². The summed E-state index contributed by atoms with van der Waals surface area (Å²) in [5.74, 6) is 1.42. The van der Waals surface area contributed by atoms with Crippen LogP contribution in [0.5, 0.6) is 0 Å². The van der Waals surface area contributed by atoms with Gasteiger partial charge in [-0.1, -0.05) is 13.8 Å². The summed E-state index contributed by atoms with van der Waals surface area (Å²) in [5.41, 5.74) is 0.904. The van der Waals surface area contributed by atoms with E-state index in [1.807, 2.05) is 20.8 Å². The Kier molecular flexibility index (Phi) is 3.74. The fourth-order valence-corrected chi connectivity index (χ4v) is 1.27. The summed E-state index contributed by atoms with van der Waals surface area (Å²) in [6.45, 7) is 5.92. The number of nitrogens with zero attached hydrogens (tertiary/aromatic N) is 2. The van der Waals surface area contributed by atoms with Crippen molar-refractivity contribution in [3.63, 3.8) is 0 Å². The van der Waals surface area contributed by atoms with Gasteiger partial charge in [0.25, 0.3) is 0 Å². The number of ketones is 1. The Morgan fingerprint density at radius 3 is 2.43 bits per heavy atom. The lowest BCUT2D eigenvalue weighted by atomic mass is 10.0. The molecule has 0 unspecified atom stereocenters. The van der Waals surface area contributed by atoms with Crippen LogP contribution in [0.25, 0.3) is 0 Å². The number of Topliss-reactive ketones (excluding diaryl/α,β-unsaturated/α-hetero) is 1. The van der Waals surface area contributed by atoms with Crippen LogP contribution in [0.2, 0.25) is 0 Å². The Bertz CT molecular complexity index is 304. The highest BCUT2D eigenvalue weighted by molar-refractivity contribution is 5.80. The lowest BCUT2D eigenvalue weighted by Gasteiger charge is -2.03. The van der Waals surface area contributed by atoms with Gasteiger partial charge in [0.15, 0.2) is 0 Å². The van der Waals surface area contributed by atoms with Gasteiger partial charge in [0.05, 0.1) is 0 Å². The number of carbonyl (C=O) groups excluding carboxylic acids is 1. The summed E-state index contributed by atoms with van der Waals surface area (Å²) < 4.78 is 0. The zero-order chi connectivity index (χ0) is 10.6. The third-order valence-corrected chi connectivity index (χ3v) is 1.87. The second-order valence-electron chi connectivity index (χ2n) is 3.95. The second-order valence-corrected chi connectivity index (χ2v) is 3.95. The minimum atomic E-state index is 0.257. The van der Waals surface area contributed by atoms with Gasteiger partial charge in [-0.2, -0.15) is 0 Å². The molecule has 1 aromatic rings. The van der Waals surface area contributed by atoms with E-state index in [1.165, 1.54) is 0 Å². The van der Waals surface area contributed by atoms with Gasteiger partial charge < -0.3 is 0 Å². The average Bonchev–Trinajstić information content (AvgIpc) is 2.07. The first-order valence-corrected chi connectivity index (χ1v) is 4.87. The molecule has 0 aliphatic rings. The maximum atomic E-state index is 11.5. The highest BCUT2D eigenvalue weighted by atomic mass is 16.1. The van der Waals surface area contributed by atoms with E-state index in [2.05, 4.69) is 9.97 Å². The van der Waals surface area contributed by atoms with Crippen LogP contribution in [-0.4, -0.2) is 15.8 Å². The van der Waals surface area contributed by atoms with Gasteiger partial charge in [-0.3, -0.25) is 4.79 Å². The van der Waals surface area contributed by atoms with Gasteiger partial charge in [-0.25, -0.2) is 9.97 Å². The SMILES string of the molecule is Cc1ncc(CC(=O)CC(C)C)cn1. The molecule has 0 radical (unpaired) electrons. The number of hydrogen-bond donors (Lipinski definition) is 0. The normalized spacial score (nSPS) is 10.6. The zero-order valence-electron chi connectivity index (χ0n) is 8.95. The Balaban J connectivity index is 2.52. The predicted octanol–water partition coefficient (Wildman–Crippen LogP) is 1.94. The Morgan fingerprint density at radius 2 is 1.93 bits per heavy atom. The van der Waals surface area contributed by atoms with E-state index >= 15 is 0 Å². The first kappa shape index (κ1) is 10.8. The third-order valence-electron chi connectivity index (χ3n) is 1.87. The summed E-state index contributed by atoms with van der Waals surface area (Å²) in [7, 11) is 0. The van der Waals surface area contributed by atoms with Gasteiger partial charge in [-0.05, 0) is 18.4 Å². The largest absolute Gasteiger partial charge is 0.299 e. The molecule has 0 aromatic carbocycles. The van der Waals surface area contributed by atoms with Crippen molar-refractivity contribution >= 4 is 5.78 Å². The minimum Gasteiger partial charge on any atom is -0.299 e. The average molecular weight is 192 g/mol. The minimum absolute atomic E-state index is 0.257. The highest BCUT2D eigenvalue weighted by Gasteiger charge is 2.06. The lowest BCUT2D eigenvalue weighted by Crippen LogP contribution is -2.07. The van der Waals surface area contributed by atoms with Crippen LogP contribution in [-0.2, 0) is 11.2 Å². The van der Waals surface area contributed by atoms with Gasteiger partial charge in [0.1, 0.15) is 11.6 Å². The van der Waals surface area contributed by atoms with E-state index < -0.39 is 0 Å². The predicted molar refractivity (Wildman–Crippen MR) is 54.9 cm³/mol. The van der Waals surface area contributed by atoms with Crippen molar-refractivity contribution in [2.75, 3.05) is 0 Å². The number of rotatable bonds is 4. The molecule has 76 valence electrons. The van der Waals surface area contributed by atoms with E-state index in [-0.39, 0.29) is 5.78 Å². The quantitative estimate of drug-likeness (QED) is 0.732. The molecule has 3 nitrogen and oxygen atoms in total. The molecule has 0 N–H and O–H groups in total. The van der Waals surface area contributed by atoms with Crippen LogP contribution in [0.4, 0.5) is 0 Å². The summed E-state index contributed by atoms with van der Waals surface area (Å²) in [5, 5.41) is 0. The highest BCUT2D eigenvalue weighted by Crippen LogP contribution is 2.05. The van der Waals surface area contributed by atoms with Crippen molar-refractivity contribution in [2.45, 2.75) is 33.6 Å². The van der Waals surface area contributed by atoms with E-state index in [0.717, 1.165) is 11.4 Å². The molecular weight excluding hydrogens is 176 g/mol. The topological polar surface area (TPSA) is 42.9 Å². The van der Waals surface area contributed by atoms with Crippen LogP contribution < -0.4 is 0 Å². The molecule has 0 aliphatic carbocycles. The van der Waals surface area contributed by atoms with E-state index in [1.54, 1.807) is 12.4 Å². The van der Waals surface area contributed by atoms with Crippen LogP contribution in [0.3, 0.4) is 0 Å². The van der Waals surface area contributed by atoms with Crippen LogP contribution in [0.1, 0.15) is 31.7 Å². The van der Waals surface area contributed by atoms with E-state index in [9.17, 15) is 4.79 Å². The maximum Gasteiger partial charge on any atom is 0.137 e. The molecule has 0 bridgehead atoms. The standard InChI is InChI=1S/C11H16N2O/c1-8(2)4-11(14)5-10-6-12-9(3)13-7-10/h6-8H,4-5H2,1-3H3. The monoisotopic (exact) mass is 192 g/mol. The van der Waals surface area contributed by atoms with E-state index in [0.29, 0.717) is 18.8 Å². The number of aryl methyl sites for hydroxylation is 1. The van der Waals surface area contributed by atoms with Crippen LogP contribution in [0.15, 0.2) is 12.4 Å². The van der Waals surface area contributed by atoms with Gasteiger partial charge in [0.2, 0.25) is 0 Å². The molecule has 1 rings (SSSR count). The third kappa shape index (κ3) is 3.64. The Hall–Kier alpha value is -1.25. The Labute approximate surface area is 84.6 Å². The molecule has 0 atom stereocenters. The maximum absolute atomic E-state index is 11.5. The molecule has 0 spiro atoms. The van der Waals surface area contributed by atoms with Crippen LogP contribution >= 0.6 is 0 Å². The van der Waals surface area contributed by atoms with Crippen molar-refractivity contribution in [3.8, 4) is 0 Å². The number of hydrogen-bond acceptors (Lipinski definition) is 3. The Morgan fingerprint density at radius 1 is 1.36 bits per heavy atom. The molecule has 1 heterocycles. The van der Waals surface area contributed by atoms with Gasteiger partial charge in [0, 0.05) is 25.2 Å². The van der Waals surface area contributed by atoms with Gasteiger partial charge in [-0.15, -0.1) is 0 Å². The zero-order valence-corrected chi connectivity index (χ0v) is 8.95. The molecular formula is C11H16N2O. The molecule has 0 saturated heterocycles. The summed E-state index contributed by atoms with van der Waals surface area (Å²) in [4.78, 5) is 19.5. The van der Waals surface area contributed by atoms with Crippen molar-refractivity contribution < 1.29 is 4.79 Å². The first-order chi connectivity index (χ1) is 6.58. The first-order valence-electron chi connectivity index (χ1n) is 4.87. The van der Waals surface area contributed by atoms with Crippen molar-refractivity contribution in [2.24, 2.45) is 5.92 Å². The number of aromatic nitrogens is 2. The molecule has 0 amide bonds. The lowest BCUT2D eigenvalue weighted by molar-refractivity contribution is -0.119. The molecule has 14 heavy (non-hydrogen) atoms. The molecule has 0 fully saturated rings. The summed E-state index contributed by atoms with van der Waals surface area (Å²) in [6, 6.07) is 0. The summed E-state index contributed by atoms with van der Waals surface area (Å²) in [6.07, 6.45) is 4.54. The van der Waals surface area contributed by atoms with Crippen molar-refractivity contribution in [1.29, 1.82) is 0 Å². The molecule has 1 aromatic heterocycles. The van der Waals surface area contributed by atoms with E-state index in [4.69, 9.17) is 0 Å². The van der Waals surface area contributed by atoms with Crippen molar-refractivity contribution in [3.05, 3.63) is 23.8 Å². The molecule has 0 saturated carbocycles. The fourth-order valence-electron chi connectivity index (χ4n) is 1.27. The van der Waals surface area contributed by atoms with Crippen LogP contribution in [0, 0.1) is 12.8 Å². The number of carbonyl (C=O) groups is 1. The second kappa shape index (κ2) is 4.84. The molecule has 0 aliphatic heterocycles. The molecule has 3 heteroatoms.